The predicted molar refractivity (Wildman–Crippen MR) is 95.7 cm³/mol. The average Bonchev–Trinajstić information content (AvgIpc) is 3.20. The fraction of sp³-hybridized carbons (Fsp3) is 0.412. The van der Waals surface area contributed by atoms with Crippen LogP contribution in [-0.4, -0.2) is 70.7 Å². The molecular weight excluding hydrogens is 388 g/mol. The lowest BCUT2D eigenvalue weighted by Gasteiger charge is -2.18. The van der Waals surface area contributed by atoms with Gasteiger partial charge in [-0.2, -0.15) is 4.98 Å². The van der Waals surface area contributed by atoms with Crippen LogP contribution >= 0.6 is 0 Å². The predicted octanol–water partition coefficient (Wildman–Crippen LogP) is 1.99. The SMILES string of the molecule is CCn1c(-c2cnc(C)nc2)nc2c(OC3CN(C(=O)O)CC3(F)F)ncnc21. The molecule has 12 heteroatoms. The number of hydrogen-bond acceptors (Lipinski definition) is 7. The number of carboxylic acid groups (broad SMARTS) is 1. The van der Waals surface area contributed by atoms with E-state index in [0.717, 1.165) is 0 Å². The molecule has 0 aliphatic carbocycles. The summed E-state index contributed by atoms with van der Waals surface area (Å²) in [5, 5.41) is 9.00. The second-order valence-corrected chi connectivity index (χ2v) is 6.58. The molecule has 1 unspecified atom stereocenters. The summed E-state index contributed by atoms with van der Waals surface area (Å²) in [6.45, 7) is 2.74. The molecule has 0 aromatic carbocycles. The molecule has 152 valence electrons. The third kappa shape index (κ3) is 3.30. The average molecular weight is 405 g/mol. The molecule has 0 saturated carbocycles. The Morgan fingerprint density at radius 3 is 2.66 bits per heavy atom. The smallest absolute Gasteiger partial charge is 0.407 e. The Labute approximate surface area is 163 Å². The Morgan fingerprint density at radius 2 is 2.03 bits per heavy atom. The first-order chi connectivity index (χ1) is 13.8. The minimum Gasteiger partial charge on any atom is -0.465 e. The number of likely N-dealkylation sites (tertiary alicyclic amines) is 1. The van der Waals surface area contributed by atoms with Crippen LogP contribution in [0, 0.1) is 6.92 Å². The molecule has 1 amide bonds. The number of imidazole rings is 1. The van der Waals surface area contributed by atoms with Gasteiger partial charge in [-0.15, -0.1) is 0 Å². The number of nitrogens with zero attached hydrogens (tertiary/aromatic N) is 7. The lowest BCUT2D eigenvalue weighted by atomic mass is 10.2. The van der Waals surface area contributed by atoms with Gasteiger partial charge >= 0.3 is 12.0 Å². The van der Waals surface area contributed by atoms with Gasteiger partial charge in [0.1, 0.15) is 18.0 Å². The zero-order chi connectivity index (χ0) is 20.8. The van der Waals surface area contributed by atoms with E-state index < -0.39 is 31.2 Å². The zero-order valence-electron chi connectivity index (χ0n) is 15.6. The maximum Gasteiger partial charge on any atom is 0.407 e. The minimum absolute atomic E-state index is 0.131. The number of hydrogen-bond donors (Lipinski definition) is 1. The standard InChI is InChI=1S/C17H17F2N7O3/c1-3-26-13(10-4-20-9(2)21-5-10)24-12-14(26)22-8-23-15(12)29-11-6-25(16(27)28)7-17(11,18)19/h4-5,8,11H,3,6-7H2,1-2H3,(H,27,28). The van der Waals surface area contributed by atoms with Crippen LogP contribution < -0.4 is 4.74 Å². The fourth-order valence-corrected chi connectivity index (χ4v) is 3.19. The topological polar surface area (TPSA) is 119 Å². The lowest BCUT2D eigenvalue weighted by Crippen LogP contribution is -2.36. The van der Waals surface area contributed by atoms with E-state index in [2.05, 4.69) is 24.9 Å². The monoisotopic (exact) mass is 405 g/mol. The highest BCUT2D eigenvalue weighted by Gasteiger charge is 2.52. The Kier molecular flexibility index (Phi) is 4.47. The van der Waals surface area contributed by atoms with Crippen molar-refractivity contribution in [3.8, 4) is 17.3 Å². The maximum absolute atomic E-state index is 14.2. The van der Waals surface area contributed by atoms with Crippen molar-refractivity contribution in [3.63, 3.8) is 0 Å². The Morgan fingerprint density at radius 1 is 1.31 bits per heavy atom. The van der Waals surface area contributed by atoms with Gasteiger partial charge in [-0.3, -0.25) is 4.90 Å². The molecule has 29 heavy (non-hydrogen) atoms. The Bertz CT molecular complexity index is 1070. The first-order valence-corrected chi connectivity index (χ1v) is 8.82. The number of alkyl halides is 2. The zero-order valence-corrected chi connectivity index (χ0v) is 15.6. The Hall–Kier alpha value is -3.44. The first kappa shape index (κ1) is 18.9. The summed E-state index contributed by atoms with van der Waals surface area (Å²) < 4.78 is 35.7. The number of aromatic nitrogens is 6. The van der Waals surface area contributed by atoms with Gasteiger partial charge in [0.25, 0.3) is 0 Å². The van der Waals surface area contributed by atoms with Gasteiger partial charge in [0.05, 0.1) is 18.7 Å². The van der Waals surface area contributed by atoms with Gasteiger partial charge in [0.2, 0.25) is 5.88 Å². The molecule has 3 aromatic rings. The van der Waals surface area contributed by atoms with Crippen molar-refractivity contribution in [1.29, 1.82) is 0 Å². The molecular formula is C17H17F2N7O3. The molecule has 0 bridgehead atoms. The number of aryl methyl sites for hydroxylation is 2. The van der Waals surface area contributed by atoms with Crippen LogP contribution in [0.2, 0.25) is 0 Å². The number of fused-ring (bicyclic) bond motifs is 1. The van der Waals surface area contributed by atoms with E-state index in [1.807, 2.05) is 6.92 Å². The van der Waals surface area contributed by atoms with E-state index in [0.29, 0.717) is 34.3 Å². The molecule has 10 nitrogen and oxygen atoms in total. The number of amides is 1. The van der Waals surface area contributed by atoms with Crippen LogP contribution in [0.25, 0.3) is 22.6 Å². The van der Waals surface area contributed by atoms with Crippen LogP contribution in [0.15, 0.2) is 18.7 Å². The van der Waals surface area contributed by atoms with Crippen molar-refractivity contribution in [3.05, 3.63) is 24.5 Å². The third-order valence-corrected chi connectivity index (χ3v) is 4.64. The number of halogens is 2. The molecule has 1 N–H and O–H groups in total. The molecule has 1 aliphatic heterocycles. The van der Waals surface area contributed by atoms with Gasteiger partial charge in [-0.1, -0.05) is 0 Å². The highest BCUT2D eigenvalue weighted by Crippen LogP contribution is 2.33. The number of rotatable bonds is 4. The van der Waals surface area contributed by atoms with Crippen molar-refractivity contribution in [1.82, 2.24) is 34.4 Å². The molecule has 1 saturated heterocycles. The highest BCUT2D eigenvalue weighted by molar-refractivity contribution is 5.81. The van der Waals surface area contributed by atoms with E-state index in [9.17, 15) is 13.6 Å². The summed E-state index contributed by atoms with van der Waals surface area (Å²) in [6.07, 6.45) is 1.32. The second kappa shape index (κ2) is 6.87. The van der Waals surface area contributed by atoms with Gasteiger partial charge in [0.15, 0.2) is 17.3 Å². The highest BCUT2D eigenvalue weighted by atomic mass is 19.3. The molecule has 4 rings (SSSR count). The molecule has 0 spiro atoms. The summed E-state index contributed by atoms with van der Waals surface area (Å²) in [6, 6.07) is 0. The summed E-state index contributed by atoms with van der Waals surface area (Å²) >= 11 is 0. The van der Waals surface area contributed by atoms with Gasteiger partial charge < -0.3 is 14.4 Å². The largest absolute Gasteiger partial charge is 0.465 e. The minimum atomic E-state index is -3.35. The van der Waals surface area contributed by atoms with Crippen molar-refractivity contribution in [2.75, 3.05) is 13.1 Å². The molecule has 1 atom stereocenters. The van der Waals surface area contributed by atoms with E-state index in [1.54, 1.807) is 23.9 Å². The van der Waals surface area contributed by atoms with Crippen molar-refractivity contribution >= 4 is 17.3 Å². The number of ether oxygens (including phenoxy) is 1. The van der Waals surface area contributed by atoms with Gasteiger partial charge in [0, 0.05) is 18.9 Å². The van der Waals surface area contributed by atoms with E-state index in [1.165, 1.54) is 6.33 Å². The van der Waals surface area contributed by atoms with Crippen molar-refractivity contribution in [2.45, 2.75) is 32.4 Å². The van der Waals surface area contributed by atoms with E-state index in [4.69, 9.17) is 9.84 Å². The number of carbonyl (C=O) groups is 1. The van der Waals surface area contributed by atoms with Crippen LogP contribution in [0.3, 0.4) is 0 Å². The van der Waals surface area contributed by atoms with Gasteiger partial charge in [-0.25, -0.2) is 33.5 Å². The summed E-state index contributed by atoms with van der Waals surface area (Å²) in [5.74, 6) is -2.38. The lowest BCUT2D eigenvalue weighted by molar-refractivity contribution is -0.0625. The van der Waals surface area contributed by atoms with Crippen LogP contribution in [-0.2, 0) is 6.54 Å². The normalized spacial score (nSPS) is 18.3. The summed E-state index contributed by atoms with van der Waals surface area (Å²) in [4.78, 5) is 32.6. The quantitative estimate of drug-likeness (QED) is 0.700. The van der Waals surface area contributed by atoms with Crippen LogP contribution in [0.1, 0.15) is 12.7 Å². The maximum atomic E-state index is 14.2. The third-order valence-electron chi connectivity index (χ3n) is 4.64. The van der Waals surface area contributed by atoms with Gasteiger partial charge in [-0.05, 0) is 13.8 Å². The van der Waals surface area contributed by atoms with E-state index >= 15 is 0 Å². The second-order valence-electron chi connectivity index (χ2n) is 6.58. The van der Waals surface area contributed by atoms with Crippen LogP contribution in [0.4, 0.5) is 13.6 Å². The summed E-state index contributed by atoms with van der Waals surface area (Å²) in [5.41, 5.74) is 1.24. The van der Waals surface area contributed by atoms with Crippen molar-refractivity contribution < 1.29 is 23.4 Å². The van der Waals surface area contributed by atoms with Crippen LogP contribution in [0.5, 0.6) is 5.88 Å². The summed E-state index contributed by atoms with van der Waals surface area (Å²) in [7, 11) is 0. The molecule has 0 radical (unpaired) electrons. The Balaban J connectivity index is 1.75. The van der Waals surface area contributed by atoms with Crippen molar-refractivity contribution in [2.24, 2.45) is 0 Å². The first-order valence-electron chi connectivity index (χ1n) is 8.82. The molecule has 4 heterocycles. The molecule has 1 fully saturated rings. The van der Waals surface area contributed by atoms with E-state index in [-0.39, 0.29) is 11.4 Å². The fourth-order valence-electron chi connectivity index (χ4n) is 3.19. The molecule has 3 aromatic heterocycles. The molecule has 1 aliphatic rings.